The lowest BCUT2D eigenvalue weighted by Gasteiger charge is -2.10. The van der Waals surface area contributed by atoms with E-state index in [-0.39, 0.29) is 0 Å². The Morgan fingerprint density at radius 3 is 2.73 bits per heavy atom. The predicted octanol–water partition coefficient (Wildman–Crippen LogP) is 3.59. The van der Waals surface area contributed by atoms with E-state index in [9.17, 15) is 0 Å². The van der Waals surface area contributed by atoms with E-state index in [1.54, 1.807) is 0 Å². The molecule has 15 heavy (non-hydrogen) atoms. The second-order valence-electron chi connectivity index (χ2n) is 4.00. The molecule has 84 valence electrons. The minimum absolute atomic E-state index is 0.676. The summed E-state index contributed by atoms with van der Waals surface area (Å²) >= 11 is 7.85. The van der Waals surface area contributed by atoms with Gasteiger partial charge < -0.3 is 5.73 Å². The minimum atomic E-state index is 0.676. The molecule has 0 unspecified atom stereocenters. The van der Waals surface area contributed by atoms with Crippen molar-refractivity contribution in [3.63, 3.8) is 0 Å². The summed E-state index contributed by atoms with van der Waals surface area (Å²) in [6.07, 6.45) is 0.904. The van der Waals surface area contributed by atoms with Crippen molar-refractivity contribution in [2.24, 2.45) is 11.7 Å². The Hall–Kier alpha value is -0.180. The summed E-state index contributed by atoms with van der Waals surface area (Å²) in [6.45, 7) is 5.13. The first-order valence-corrected chi connectivity index (χ1v) is 6.61. The summed E-state index contributed by atoms with van der Waals surface area (Å²) in [5.41, 5.74) is 6.86. The highest BCUT2D eigenvalue weighted by molar-refractivity contribution is 7.99. The molecule has 0 spiro atoms. The monoisotopic (exact) mass is 243 g/mol. The Bertz CT molecular complexity index is 312. The molecular weight excluding hydrogens is 226 g/mol. The fraction of sp³-hybridized carbons (Fsp3) is 0.500. The maximum Gasteiger partial charge on any atom is 0.0409 e. The second kappa shape index (κ2) is 6.41. The Kier molecular flexibility index (Phi) is 5.51. The first-order chi connectivity index (χ1) is 7.13. The van der Waals surface area contributed by atoms with Gasteiger partial charge in [0.15, 0.2) is 0 Å². The minimum Gasteiger partial charge on any atom is -0.330 e. The predicted molar refractivity (Wildman–Crippen MR) is 69.8 cm³/mol. The molecule has 0 fully saturated rings. The van der Waals surface area contributed by atoms with Crippen molar-refractivity contribution in [1.82, 2.24) is 0 Å². The van der Waals surface area contributed by atoms with Crippen LogP contribution in [0.4, 0.5) is 0 Å². The average Bonchev–Trinajstić information content (AvgIpc) is 2.17. The lowest BCUT2D eigenvalue weighted by atomic mass is 10.1. The highest BCUT2D eigenvalue weighted by Gasteiger charge is 2.04. The summed E-state index contributed by atoms with van der Waals surface area (Å²) < 4.78 is 0. The van der Waals surface area contributed by atoms with Crippen LogP contribution in [0.1, 0.15) is 19.4 Å². The molecule has 2 N–H and O–H groups in total. The standard InChI is InChI=1S/C12H18ClNS/c1-9(2)8-15-12-4-3-11(13)7-10(12)5-6-14/h3-4,7,9H,5-6,8,14H2,1-2H3. The molecule has 0 saturated carbocycles. The van der Waals surface area contributed by atoms with Crippen LogP contribution in [0.5, 0.6) is 0 Å². The van der Waals surface area contributed by atoms with Gasteiger partial charge in [-0.15, -0.1) is 11.8 Å². The lowest BCUT2D eigenvalue weighted by Crippen LogP contribution is -2.04. The molecule has 1 rings (SSSR count). The van der Waals surface area contributed by atoms with Crippen molar-refractivity contribution in [3.8, 4) is 0 Å². The fourth-order valence-corrected chi connectivity index (χ4v) is 2.51. The lowest BCUT2D eigenvalue weighted by molar-refractivity contribution is 0.750. The highest BCUT2D eigenvalue weighted by Crippen LogP contribution is 2.27. The van der Waals surface area contributed by atoms with Gasteiger partial charge in [-0.25, -0.2) is 0 Å². The maximum atomic E-state index is 5.97. The van der Waals surface area contributed by atoms with Crippen molar-refractivity contribution in [3.05, 3.63) is 28.8 Å². The smallest absolute Gasteiger partial charge is 0.0409 e. The van der Waals surface area contributed by atoms with Gasteiger partial charge in [-0.3, -0.25) is 0 Å². The van der Waals surface area contributed by atoms with Crippen molar-refractivity contribution >= 4 is 23.4 Å². The van der Waals surface area contributed by atoms with Gasteiger partial charge in [0.25, 0.3) is 0 Å². The van der Waals surface area contributed by atoms with E-state index < -0.39 is 0 Å². The van der Waals surface area contributed by atoms with Gasteiger partial charge >= 0.3 is 0 Å². The zero-order valence-corrected chi connectivity index (χ0v) is 10.9. The number of thioether (sulfide) groups is 1. The first-order valence-electron chi connectivity index (χ1n) is 5.24. The van der Waals surface area contributed by atoms with E-state index >= 15 is 0 Å². The van der Waals surface area contributed by atoms with Gasteiger partial charge in [-0.1, -0.05) is 25.4 Å². The third-order valence-electron chi connectivity index (χ3n) is 2.01. The molecule has 0 saturated heterocycles. The summed E-state index contributed by atoms with van der Waals surface area (Å²) in [5.74, 6) is 1.84. The van der Waals surface area contributed by atoms with E-state index in [0.29, 0.717) is 12.5 Å². The largest absolute Gasteiger partial charge is 0.330 e. The van der Waals surface area contributed by atoms with E-state index in [1.807, 2.05) is 23.9 Å². The normalized spacial score (nSPS) is 11.0. The van der Waals surface area contributed by atoms with Crippen LogP contribution in [0, 0.1) is 5.92 Å². The van der Waals surface area contributed by atoms with E-state index in [4.69, 9.17) is 17.3 Å². The van der Waals surface area contributed by atoms with Gasteiger partial charge in [0.05, 0.1) is 0 Å². The molecule has 0 bridgehead atoms. The van der Waals surface area contributed by atoms with E-state index in [1.165, 1.54) is 10.5 Å². The number of benzene rings is 1. The number of hydrogen-bond acceptors (Lipinski definition) is 2. The van der Waals surface area contributed by atoms with E-state index in [2.05, 4.69) is 19.9 Å². The zero-order chi connectivity index (χ0) is 11.3. The van der Waals surface area contributed by atoms with Gasteiger partial charge in [0, 0.05) is 15.7 Å². The molecule has 0 amide bonds. The average molecular weight is 244 g/mol. The molecular formula is C12H18ClNS. The fourth-order valence-electron chi connectivity index (χ4n) is 1.30. The number of hydrogen-bond donors (Lipinski definition) is 1. The second-order valence-corrected chi connectivity index (χ2v) is 5.49. The van der Waals surface area contributed by atoms with Gasteiger partial charge in [0.1, 0.15) is 0 Å². The molecule has 0 aromatic heterocycles. The summed E-state index contributed by atoms with van der Waals surface area (Å²) in [6, 6.07) is 6.07. The molecule has 0 radical (unpaired) electrons. The van der Waals surface area contributed by atoms with Crippen LogP contribution < -0.4 is 5.73 Å². The molecule has 0 aliphatic carbocycles. The number of halogens is 1. The van der Waals surface area contributed by atoms with Gasteiger partial charge in [-0.05, 0) is 42.6 Å². The SMILES string of the molecule is CC(C)CSc1ccc(Cl)cc1CCN. The van der Waals surface area contributed by atoms with Gasteiger partial charge in [-0.2, -0.15) is 0 Å². The molecule has 0 aliphatic heterocycles. The van der Waals surface area contributed by atoms with Crippen LogP contribution in [-0.4, -0.2) is 12.3 Å². The summed E-state index contributed by atoms with van der Waals surface area (Å²) in [4.78, 5) is 1.32. The molecule has 1 aromatic carbocycles. The maximum absolute atomic E-state index is 5.97. The van der Waals surface area contributed by atoms with Crippen molar-refractivity contribution in [2.45, 2.75) is 25.2 Å². The molecule has 1 aromatic rings. The topological polar surface area (TPSA) is 26.0 Å². The Balaban J connectivity index is 2.76. The van der Waals surface area contributed by atoms with Crippen LogP contribution in [0.3, 0.4) is 0 Å². The van der Waals surface area contributed by atoms with Crippen LogP contribution in [0.25, 0.3) is 0 Å². The molecule has 0 atom stereocenters. The zero-order valence-electron chi connectivity index (χ0n) is 9.29. The molecule has 1 nitrogen and oxygen atoms in total. The Labute approximate surface area is 101 Å². The third-order valence-corrected chi connectivity index (χ3v) is 3.79. The molecule has 3 heteroatoms. The van der Waals surface area contributed by atoms with Crippen LogP contribution >= 0.6 is 23.4 Å². The first kappa shape index (κ1) is 12.9. The van der Waals surface area contributed by atoms with E-state index in [0.717, 1.165) is 17.2 Å². The summed E-state index contributed by atoms with van der Waals surface area (Å²) in [5, 5.41) is 0.798. The third kappa shape index (κ3) is 4.45. The quantitative estimate of drug-likeness (QED) is 0.800. The van der Waals surface area contributed by atoms with Gasteiger partial charge in [0.2, 0.25) is 0 Å². The highest BCUT2D eigenvalue weighted by atomic mass is 35.5. The molecule has 0 aliphatic rings. The van der Waals surface area contributed by atoms with Crippen LogP contribution in [-0.2, 0) is 6.42 Å². The van der Waals surface area contributed by atoms with Crippen molar-refractivity contribution in [2.75, 3.05) is 12.3 Å². The van der Waals surface area contributed by atoms with Crippen molar-refractivity contribution < 1.29 is 0 Å². The number of rotatable bonds is 5. The summed E-state index contributed by atoms with van der Waals surface area (Å²) in [7, 11) is 0. The van der Waals surface area contributed by atoms with Crippen LogP contribution in [0.15, 0.2) is 23.1 Å². The van der Waals surface area contributed by atoms with Crippen LogP contribution in [0.2, 0.25) is 5.02 Å². The Morgan fingerprint density at radius 2 is 2.13 bits per heavy atom. The Morgan fingerprint density at radius 1 is 1.40 bits per heavy atom. The van der Waals surface area contributed by atoms with Crippen molar-refractivity contribution in [1.29, 1.82) is 0 Å². The number of nitrogens with two attached hydrogens (primary N) is 1. The molecule has 0 heterocycles.